The molecule has 0 bridgehead atoms. The van der Waals surface area contributed by atoms with Crippen LogP contribution in [0.25, 0.3) is 0 Å². The molecule has 7 heteroatoms. The van der Waals surface area contributed by atoms with Crippen molar-refractivity contribution >= 4 is 23.3 Å². The molecule has 0 spiro atoms. The van der Waals surface area contributed by atoms with Gasteiger partial charge in [-0.2, -0.15) is 0 Å². The molecule has 3 N–H and O–H groups in total. The monoisotopic (exact) mass is 405 g/mol. The fourth-order valence-electron chi connectivity index (χ4n) is 3.18. The van der Waals surface area contributed by atoms with Crippen LogP contribution in [0.4, 0.5) is 16.2 Å². The summed E-state index contributed by atoms with van der Waals surface area (Å²) in [6, 6.07) is 14.2. The van der Waals surface area contributed by atoms with Crippen LogP contribution in [0.5, 0.6) is 0 Å². The van der Waals surface area contributed by atoms with Gasteiger partial charge in [0.1, 0.15) is 0 Å². The normalized spacial score (nSPS) is 13.9. The van der Waals surface area contributed by atoms with E-state index < -0.39 is 0 Å². The Bertz CT molecular complexity index is 954. The van der Waals surface area contributed by atoms with Crippen LogP contribution in [0.3, 0.4) is 0 Å². The Morgan fingerprint density at radius 2 is 1.73 bits per heavy atom. The second-order valence-corrected chi connectivity index (χ2v) is 7.25. The molecule has 1 fully saturated rings. The Hall–Kier alpha value is -3.50. The van der Waals surface area contributed by atoms with Crippen LogP contribution in [0, 0.1) is 11.8 Å². The number of nitrogens with two attached hydrogens (primary N) is 1. The maximum absolute atomic E-state index is 12.8. The summed E-state index contributed by atoms with van der Waals surface area (Å²) < 4.78 is 0. The van der Waals surface area contributed by atoms with Crippen molar-refractivity contribution in [2.75, 3.05) is 57.5 Å². The maximum Gasteiger partial charge on any atom is 0.318 e. The summed E-state index contributed by atoms with van der Waals surface area (Å²) >= 11 is 0. The highest BCUT2D eigenvalue weighted by Crippen LogP contribution is 2.20. The molecular formula is C23H27N5O2. The number of carbonyl (C=O) groups excluding carboxylic acids is 2. The summed E-state index contributed by atoms with van der Waals surface area (Å²) in [5, 5.41) is 2.84. The summed E-state index contributed by atoms with van der Waals surface area (Å²) in [4.78, 5) is 30.6. The lowest BCUT2D eigenvalue weighted by atomic mass is 10.1. The Balaban J connectivity index is 1.63. The third kappa shape index (κ3) is 5.31. The number of nitrogens with zero attached hydrogens (tertiary/aromatic N) is 3. The van der Waals surface area contributed by atoms with Gasteiger partial charge in [0, 0.05) is 50.0 Å². The number of para-hydroxylation sites is 1. The van der Waals surface area contributed by atoms with Gasteiger partial charge in [-0.3, -0.25) is 4.79 Å². The molecule has 1 heterocycles. The van der Waals surface area contributed by atoms with Crippen molar-refractivity contribution in [1.29, 1.82) is 0 Å². The molecule has 3 rings (SSSR count). The molecule has 0 atom stereocenters. The maximum atomic E-state index is 12.8. The van der Waals surface area contributed by atoms with E-state index in [1.54, 1.807) is 41.1 Å². The van der Waals surface area contributed by atoms with E-state index in [-0.39, 0.29) is 18.5 Å². The first kappa shape index (κ1) is 21.2. The molecule has 2 aromatic carbocycles. The number of benzene rings is 2. The van der Waals surface area contributed by atoms with Crippen LogP contribution < -0.4 is 16.0 Å². The lowest BCUT2D eigenvalue weighted by molar-refractivity contribution is 0.0993. The van der Waals surface area contributed by atoms with Crippen molar-refractivity contribution in [2.45, 2.75) is 0 Å². The van der Waals surface area contributed by atoms with Crippen molar-refractivity contribution in [2.24, 2.45) is 0 Å². The third-order valence-corrected chi connectivity index (χ3v) is 5.07. The van der Waals surface area contributed by atoms with Crippen LogP contribution in [0.15, 0.2) is 48.5 Å². The number of nitrogens with one attached hydrogen (secondary N) is 1. The van der Waals surface area contributed by atoms with E-state index in [2.05, 4.69) is 22.1 Å². The molecular weight excluding hydrogens is 378 g/mol. The second-order valence-electron chi connectivity index (χ2n) is 7.25. The minimum Gasteiger partial charge on any atom is -0.399 e. The van der Waals surface area contributed by atoms with Crippen LogP contribution >= 0.6 is 0 Å². The Morgan fingerprint density at radius 1 is 1.07 bits per heavy atom. The molecule has 7 nitrogen and oxygen atoms in total. The number of piperazine rings is 1. The lowest BCUT2D eigenvalue weighted by Gasteiger charge is -2.32. The number of rotatable bonds is 3. The van der Waals surface area contributed by atoms with E-state index in [1.165, 1.54) is 0 Å². The number of amides is 3. The molecule has 30 heavy (non-hydrogen) atoms. The zero-order chi connectivity index (χ0) is 21.5. The molecule has 0 unspecified atom stereocenters. The predicted molar refractivity (Wildman–Crippen MR) is 119 cm³/mol. The number of urea groups is 1. The average molecular weight is 406 g/mol. The number of anilines is 2. The zero-order valence-corrected chi connectivity index (χ0v) is 17.4. The van der Waals surface area contributed by atoms with Crippen LogP contribution in [0.1, 0.15) is 15.9 Å². The molecule has 1 saturated heterocycles. The van der Waals surface area contributed by atoms with E-state index in [4.69, 9.17) is 5.73 Å². The molecule has 0 aliphatic carbocycles. The van der Waals surface area contributed by atoms with Gasteiger partial charge in [-0.15, -0.1) is 0 Å². The average Bonchev–Trinajstić information content (AvgIpc) is 2.77. The van der Waals surface area contributed by atoms with Crippen LogP contribution in [0.2, 0.25) is 0 Å². The van der Waals surface area contributed by atoms with Gasteiger partial charge in [-0.05, 0) is 43.4 Å². The highest BCUT2D eigenvalue weighted by molar-refractivity contribution is 6.06. The predicted octanol–water partition coefficient (Wildman–Crippen LogP) is 1.85. The number of hydrogen-bond acceptors (Lipinski definition) is 4. The Morgan fingerprint density at radius 3 is 2.43 bits per heavy atom. The summed E-state index contributed by atoms with van der Waals surface area (Å²) in [6.07, 6.45) is 0. The fraction of sp³-hybridized carbons (Fsp3) is 0.304. The number of likely N-dealkylation sites (N-methyl/N-ethyl adjacent to an activating group) is 1. The SMILES string of the molecule is CN1CCN(C(=O)NCC#Cc2ccccc2N(C)C(=O)c2ccc(N)cc2)CC1. The highest BCUT2D eigenvalue weighted by Gasteiger charge is 2.18. The van der Waals surface area contributed by atoms with Crippen molar-refractivity contribution in [3.8, 4) is 11.8 Å². The molecule has 0 saturated carbocycles. The molecule has 156 valence electrons. The van der Waals surface area contributed by atoms with Gasteiger partial charge in [0.05, 0.1) is 12.2 Å². The lowest BCUT2D eigenvalue weighted by Crippen LogP contribution is -2.50. The second kappa shape index (κ2) is 9.81. The summed E-state index contributed by atoms with van der Waals surface area (Å²) in [5.41, 5.74) is 8.29. The number of hydrogen-bond donors (Lipinski definition) is 2. The van der Waals surface area contributed by atoms with Gasteiger partial charge in [0.2, 0.25) is 0 Å². The smallest absolute Gasteiger partial charge is 0.318 e. The first-order chi connectivity index (χ1) is 14.5. The molecule has 0 radical (unpaired) electrons. The van der Waals surface area contributed by atoms with Crippen molar-refractivity contribution in [3.05, 3.63) is 59.7 Å². The summed E-state index contributed by atoms with van der Waals surface area (Å²) in [5.74, 6) is 5.91. The molecule has 1 aliphatic rings. The minimum absolute atomic E-state index is 0.0960. The van der Waals surface area contributed by atoms with Crippen molar-refractivity contribution < 1.29 is 9.59 Å². The fourth-order valence-corrected chi connectivity index (χ4v) is 3.18. The van der Waals surface area contributed by atoms with Crippen molar-refractivity contribution in [1.82, 2.24) is 15.1 Å². The minimum atomic E-state index is -0.146. The van der Waals surface area contributed by atoms with Gasteiger partial charge in [-0.25, -0.2) is 4.79 Å². The first-order valence-electron chi connectivity index (χ1n) is 9.88. The van der Waals surface area contributed by atoms with E-state index in [1.807, 2.05) is 31.3 Å². The highest BCUT2D eigenvalue weighted by atomic mass is 16.2. The molecule has 2 aromatic rings. The molecule has 1 aliphatic heterocycles. The van der Waals surface area contributed by atoms with Crippen LogP contribution in [-0.2, 0) is 0 Å². The number of carbonyl (C=O) groups is 2. The topological polar surface area (TPSA) is 81.9 Å². The van der Waals surface area contributed by atoms with Gasteiger partial charge in [-0.1, -0.05) is 24.0 Å². The largest absolute Gasteiger partial charge is 0.399 e. The molecule has 3 amide bonds. The van der Waals surface area contributed by atoms with Gasteiger partial charge >= 0.3 is 6.03 Å². The van der Waals surface area contributed by atoms with Gasteiger partial charge in [0.15, 0.2) is 0 Å². The zero-order valence-electron chi connectivity index (χ0n) is 17.4. The molecule has 0 aromatic heterocycles. The van der Waals surface area contributed by atoms with Crippen LogP contribution in [-0.4, -0.2) is 68.6 Å². The van der Waals surface area contributed by atoms with E-state index >= 15 is 0 Å². The van der Waals surface area contributed by atoms with Crippen molar-refractivity contribution in [3.63, 3.8) is 0 Å². The number of nitrogen functional groups attached to an aromatic ring is 1. The van der Waals surface area contributed by atoms with E-state index in [9.17, 15) is 9.59 Å². The Labute approximate surface area is 177 Å². The third-order valence-electron chi connectivity index (χ3n) is 5.07. The quantitative estimate of drug-likeness (QED) is 0.603. The first-order valence-corrected chi connectivity index (χ1v) is 9.88. The van der Waals surface area contributed by atoms with E-state index in [0.717, 1.165) is 31.7 Å². The summed E-state index contributed by atoms with van der Waals surface area (Å²) in [7, 11) is 3.77. The standard InChI is InChI=1S/C23H27N5O2/c1-26-14-16-28(17-15-26)23(30)25-13-5-7-18-6-3-4-8-21(18)27(2)22(29)19-9-11-20(24)12-10-19/h3-4,6,8-12H,13-17,24H2,1-2H3,(H,25,30). The van der Waals surface area contributed by atoms with Gasteiger partial charge < -0.3 is 25.8 Å². The van der Waals surface area contributed by atoms with E-state index in [0.29, 0.717) is 16.9 Å². The Kier molecular flexibility index (Phi) is 6.94. The van der Waals surface area contributed by atoms with Gasteiger partial charge in [0.25, 0.3) is 5.91 Å². The summed E-state index contributed by atoms with van der Waals surface area (Å²) in [6.45, 7) is 3.43.